The number of aliphatic hydroxyl groups is 1. The molecule has 0 aliphatic heterocycles. The number of likely N-dealkylation sites (N-methyl/N-ethyl adjacent to an activating group) is 1. The average molecular weight is 821 g/mol. The van der Waals surface area contributed by atoms with Crippen LogP contribution in [0.3, 0.4) is 0 Å². The van der Waals surface area contributed by atoms with E-state index in [9.17, 15) is 19.4 Å². The van der Waals surface area contributed by atoms with Gasteiger partial charge in [-0.15, -0.1) is 0 Å². The maximum absolute atomic E-state index is 12.8. The molecular formula is C48H89N2O6P. The Hall–Kier alpha value is -1.80. The third-order valence-corrected chi connectivity index (χ3v) is 11.0. The molecule has 0 fully saturated rings. The summed E-state index contributed by atoms with van der Waals surface area (Å²) in [7, 11) is 1.24. The number of hydrogen-bond donors (Lipinski definition) is 2. The Morgan fingerprint density at radius 1 is 0.614 bits per heavy atom. The van der Waals surface area contributed by atoms with E-state index < -0.39 is 20.0 Å². The average Bonchev–Trinajstić information content (AvgIpc) is 3.16. The van der Waals surface area contributed by atoms with Crippen LogP contribution < -0.4 is 10.2 Å². The van der Waals surface area contributed by atoms with Crippen LogP contribution in [0.5, 0.6) is 0 Å². The number of unbranched alkanes of at least 4 members (excludes halogenated alkanes) is 19. The molecule has 332 valence electrons. The van der Waals surface area contributed by atoms with Gasteiger partial charge in [-0.2, -0.15) is 0 Å². The Labute approximate surface area is 351 Å². The molecule has 0 saturated carbocycles. The van der Waals surface area contributed by atoms with Gasteiger partial charge >= 0.3 is 0 Å². The Balaban J connectivity index is 4.43. The molecule has 8 nitrogen and oxygen atoms in total. The fraction of sp³-hybridized carbons (Fsp3) is 0.771. The number of hydrogen-bond acceptors (Lipinski definition) is 6. The van der Waals surface area contributed by atoms with E-state index in [1.807, 2.05) is 27.2 Å². The van der Waals surface area contributed by atoms with E-state index >= 15 is 0 Å². The van der Waals surface area contributed by atoms with E-state index in [2.05, 4.69) is 67.8 Å². The lowest BCUT2D eigenvalue weighted by atomic mass is 10.0. The van der Waals surface area contributed by atoms with Crippen molar-refractivity contribution in [3.63, 3.8) is 0 Å². The predicted octanol–water partition coefficient (Wildman–Crippen LogP) is 12.4. The molecule has 57 heavy (non-hydrogen) atoms. The van der Waals surface area contributed by atoms with Crippen molar-refractivity contribution in [2.45, 2.75) is 199 Å². The van der Waals surface area contributed by atoms with E-state index in [-0.39, 0.29) is 25.5 Å². The van der Waals surface area contributed by atoms with E-state index in [0.29, 0.717) is 23.9 Å². The van der Waals surface area contributed by atoms with Gasteiger partial charge < -0.3 is 28.8 Å². The molecule has 3 atom stereocenters. The molecular weight excluding hydrogens is 732 g/mol. The van der Waals surface area contributed by atoms with Crippen molar-refractivity contribution < 1.29 is 32.9 Å². The molecule has 0 aromatic heterocycles. The summed E-state index contributed by atoms with van der Waals surface area (Å²) in [6, 6.07) is -0.857. The Morgan fingerprint density at radius 2 is 1.00 bits per heavy atom. The minimum Gasteiger partial charge on any atom is -0.756 e. The highest BCUT2D eigenvalue weighted by molar-refractivity contribution is 7.45. The Morgan fingerprint density at radius 3 is 1.40 bits per heavy atom. The summed E-state index contributed by atoms with van der Waals surface area (Å²) >= 11 is 0. The van der Waals surface area contributed by atoms with Gasteiger partial charge in [-0.1, -0.05) is 203 Å². The molecule has 0 aliphatic rings. The van der Waals surface area contributed by atoms with Crippen LogP contribution >= 0.6 is 7.82 Å². The maximum Gasteiger partial charge on any atom is 0.268 e. The summed E-state index contributed by atoms with van der Waals surface area (Å²) < 4.78 is 23.2. The van der Waals surface area contributed by atoms with Crippen molar-refractivity contribution in [2.75, 3.05) is 40.9 Å². The molecule has 0 aliphatic carbocycles. The first kappa shape index (κ1) is 55.2. The van der Waals surface area contributed by atoms with Crippen LogP contribution in [0.25, 0.3) is 0 Å². The summed E-state index contributed by atoms with van der Waals surface area (Å²) in [5.74, 6) is -0.292. The lowest BCUT2D eigenvalue weighted by Crippen LogP contribution is -2.46. The zero-order chi connectivity index (χ0) is 42.1. The van der Waals surface area contributed by atoms with Gasteiger partial charge in [0.05, 0.1) is 39.9 Å². The SMILES string of the molecule is CC/C=C\C/C=C\C/C=C\C/C=C\C/C=C\CC(=O)NC(COP(=O)([O-])OCC[N+](C)(C)C)C(O)CCCCCCCCCCCCCCCCCCCCCC. The van der Waals surface area contributed by atoms with Crippen LogP contribution in [0.1, 0.15) is 187 Å². The molecule has 9 heteroatoms. The van der Waals surface area contributed by atoms with Gasteiger partial charge in [0.2, 0.25) is 5.91 Å². The van der Waals surface area contributed by atoms with E-state index in [4.69, 9.17) is 9.05 Å². The third-order valence-electron chi connectivity index (χ3n) is 10.0. The molecule has 0 heterocycles. The topological polar surface area (TPSA) is 108 Å². The summed E-state index contributed by atoms with van der Waals surface area (Å²) in [6.45, 7) is 4.53. The number of phosphoric ester groups is 1. The summed E-state index contributed by atoms with van der Waals surface area (Å²) in [5, 5.41) is 13.8. The van der Waals surface area contributed by atoms with Crippen LogP contribution in [-0.4, -0.2) is 68.5 Å². The lowest BCUT2D eigenvalue weighted by molar-refractivity contribution is -0.870. The molecule has 0 saturated heterocycles. The van der Waals surface area contributed by atoms with Crippen LogP contribution in [0.2, 0.25) is 0 Å². The van der Waals surface area contributed by atoms with Crippen LogP contribution in [0.15, 0.2) is 60.8 Å². The monoisotopic (exact) mass is 821 g/mol. The molecule has 1 amide bonds. The Bertz CT molecular complexity index is 1110. The van der Waals surface area contributed by atoms with Gasteiger partial charge in [0, 0.05) is 6.42 Å². The van der Waals surface area contributed by atoms with Crippen molar-refractivity contribution in [1.29, 1.82) is 0 Å². The maximum atomic E-state index is 12.8. The first-order valence-electron chi connectivity index (χ1n) is 23.1. The van der Waals surface area contributed by atoms with Crippen molar-refractivity contribution in [3.8, 4) is 0 Å². The number of quaternary nitrogens is 1. The molecule has 0 aromatic rings. The van der Waals surface area contributed by atoms with Crippen LogP contribution in [0, 0.1) is 0 Å². The predicted molar refractivity (Wildman–Crippen MR) is 242 cm³/mol. The normalized spacial score (nSPS) is 14.9. The number of aliphatic hydroxyl groups excluding tert-OH is 1. The van der Waals surface area contributed by atoms with Crippen LogP contribution in [0.4, 0.5) is 0 Å². The molecule has 2 N–H and O–H groups in total. The van der Waals surface area contributed by atoms with Gasteiger partial charge in [-0.05, 0) is 38.5 Å². The number of nitrogens with one attached hydrogen (secondary N) is 1. The zero-order valence-electron chi connectivity index (χ0n) is 37.5. The number of amides is 1. The lowest BCUT2D eigenvalue weighted by Gasteiger charge is -2.30. The van der Waals surface area contributed by atoms with E-state index in [1.165, 1.54) is 109 Å². The fourth-order valence-corrected chi connectivity index (χ4v) is 7.12. The number of nitrogens with zero attached hydrogens (tertiary/aromatic N) is 1. The first-order chi connectivity index (χ1) is 27.5. The second-order valence-electron chi connectivity index (χ2n) is 16.7. The quantitative estimate of drug-likeness (QED) is 0.0275. The summed E-state index contributed by atoms with van der Waals surface area (Å²) in [6.07, 6.45) is 51.2. The number of rotatable bonds is 41. The smallest absolute Gasteiger partial charge is 0.268 e. The number of allylic oxidation sites excluding steroid dienone is 9. The van der Waals surface area contributed by atoms with Gasteiger partial charge in [-0.3, -0.25) is 9.36 Å². The highest BCUT2D eigenvalue weighted by Crippen LogP contribution is 2.38. The van der Waals surface area contributed by atoms with Gasteiger partial charge in [-0.25, -0.2) is 0 Å². The van der Waals surface area contributed by atoms with Crippen molar-refractivity contribution in [1.82, 2.24) is 5.32 Å². The van der Waals surface area contributed by atoms with Crippen LogP contribution in [-0.2, 0) is 18.4 Å². The molecule has 0 spiro atoms. The second-order valence-corrected chi connectivity index (χ2v) is 18.2. The number of carbonyl (C=O) groups is 1. The van der Waals surface area contributed by atoms with Gasteiger partial charge in [0.15, 0.2) is 0 Å². The first-order valence-corrected chi connectivity index (χ1v) is 24.6. The van der Waals surface area contributed by atoms with Crippen molar-refractivity contribution >= 4 is 13.7 Å². The number of phosphoric acid groups is 1. The summed E-state index contributed by atoms with van der Waals surface area (Å²) in [5.41, 5.74) is 0. The molecule has 0 radical (unpaired) electrons. The molecule has 0 aromatic carbocycles. The highest BCUT2D eigenvalue weighted by atomic mass is 31.2. The van der Waals surface area contributed by atoms with Crippen molar-refractivity contribution in [2.24, 2.45) is 0 Å². The van der Waals surface area contributed by atoms with Crippen molar-refractivity contribution in [3.05, 3.63) is 60.8 Å². The molecule has 0 bridgehead atoms. The number of carbonyl (C=O) groups excluding carboxylic acids is 1. The van der Waals surface area contributed by atoms with Gasteiger partial charge in [0.25, 0.3) is 7.82 Å². The van der Waals surface area contributed by atoms with Gasteiger partial charge in [0.1, 0.15) is 13.2 Å². The third kappa shape index (κ3) is 42.1. The van der Waals surface area contributed by atoms with E-state index in [0.717, 1.165) is 44.9 Å². The second kappa shape index (κ2) is 39.6. The fourth-order valence-electron chi connectivity index (χ4n) is 6.40. The Kier molecular flexibility index (Phi) is 38.4. The zero-order valence-corrected chi connectivity index (χ0v) is 38.4. The largest absolute Gasteiger partial charge is 0.756 e. The highest BCUT2D eigenvalue weighted by Gasteiger charge is 2.24. The molecule has 3 unspecified atom stereocenters. The minimum absolute atomic E-state index is 0.00662. The van der Waals surface area contributed by atoms with E-state index in [1.54, 1.807) is 6.08 Å². The molecule has 0 rings (SSSR count). The minimum atomic E-state index is -4.59. The standard InChI is InChI=1S/C48H89N2O6P/c1-6-8-10-12-14-16-18-20-22-23-24-25-26-28-29-31-33-35-37-39-41-47(51)46(45-56-57(53,54)55-44-43-50(3,4)5)49-48(52)42-40-38-36-34-32-30-27-21-19-17-15-13-11-9-7-2/h9,11,15,17,21,27,32,34,38,40,46-47,51H,6-8,10,12-14,16,18-20,22-26,28-31,33,35-37,39,41-45H2,1-5H3,(H-,49,52,53,54)/b11-9-,17-15-,27-21-,34-32-,40-38-. The summed E-state index contributed by atoms with van der Waals surface area (Å²) in [4.78, 5) is 25.3.